The summed E-state index contributed by atoms with van der Waals surface area (Å²) in [5, 5.41) is 0. The Morgan fingerprint density at radius 2 is 1.64 bits per heavy atom. The number of rotatable bonds is 3. The van der Waals surface area contributed by atoms with Crippen LogP contribution in [-0.4, -0.2) is 4.75 Å². The summed E-state index contributed by atoms with van der Waals surface area (Å²) in [7, 11) is 0. The number of halogens is 1. The fourth-order valence-corrected chi connectivity index (χ4v) is 2.30. The highest BCUT2D eigenvalue weighted by atomic mass is 79.9. The normalized spacial score (nSPS) is 12.1. The average molecular weight is 273 g/mol. The van der Waals surface area contributed by atoms with Crippen molar-refractivity contribution in [1.29, 1.82) is 0 Å². The fourth-order valence-electron chi connectivity index (χ4n) is 0.924. The Morgan fingerprint density at radius 1 is 1.14 bits per heavy atom. The molecule has 0 aliphatic rings. The van der Waals surface area contributed by atoms with Crippen molar-refractivity contribution in [2.24, 2.45) is 5.92 Å². The zero-order valence-electron chi connectivity index (χ0n) is 9.17. The van der Waals surface area contributed by atoms with Crippen molar-refractivity contribution < 1.29 is 0 Å². The third-order valence-corrected chi connectivity index (χ3v) is 4.62. The quantitative estimate of drug-likeness (QED) is 0.700. The molecule has 0 unspecified atom stereocenters. The molecule has 0 spiro atoms. The molecule has 0 radical (unpaired) electrons. The molecule has 0 fully saturated rings. The van der Waals surface area contributed by atoms with Gasteiger partial charge in [-0.1, -0.05) is 43.6 Å². The van der Waals surface area contributed by atoms with Crippen LogP contribution in [0, 0.1) is 5.92 Å². The van der Waals surface area contributed by atoms with E-state index in [1.165, 1.54) is 4.90 Å². The summed E-state index contributed by atoms with van der Waals surface area (Å²) in [6.07, 6.45) is 0. The van der Waals surface area contributed by atoms with Gasteiger partial charge in [0.25, 0.3) is 0 Å². The molecule has 0 atom stereocenters. The van der Waals surface area contributed by atoms with Crippen molar-refractivity contribution in [2.75, 3.05) is 0 Å². The first-order valence-electron chi connectivity index (χ1n) is 4.86. The maximum Gasteiger partial charge on any atom is 0.0176 e. The van der Waals surface area contributed by atoms with E-state index in [4.69, 9.17) is 0 Å². The van der Waals surface area contributed by atoms with E-state index in [0.29, 0.717) is 10.7 Å². The lowest BCUT2D eigenvalue weighted by atomic mass is 10.00. The number of thioether (sulfide) groups is 1. The summed E-state index contributed by atoms with van der Waals surface area (Å²) in [6.45, 7) is 9.13. The van der Waals surface area contributed by atoms with E-state index < -0.39 is 0 Å². The first-order valence-corrected chi connectivity index (χ1v) is 6.47. The molecule has 14 heavy (non-hydrogen) atoms. The minimum absolute atomic E-state index is 0.299. The maximum absolute atomic E-state index is 3.44. The van der Waals surface area contributed by atoms with Gasteiger partial charge in [-0.15, -0.1) is 11.8 Å². The molecule has 1 rings (SSSR count). The monoisotopic (exact) mass is 272 g/mol. The summed E-state index contributed by atoms with van der Waals surface area (Å²) in [5.41, 5.74) is 0. The lowest BCUT2D eigenvalue weighted by Crippen LogP contribution is -2.22. The minimum Gasteiger partial charge on any atom is -0.120 e. The Kier molecular flexibility index (Phi) is 4.08. The highest BCUT2D eigenvalue weighted by Gasteiger charge is 2.23. The largest absolute Gasteiger partial charge is 0.120 e. The molecule has 1 aromatic rings. The number of hydrogen-bond acceptors (Lipinski definition) is 1. The van der Waals surface area contributed by atoms with Gasteiger partial charge in [0.05, 0.1) is 0 Å². The number of hydrogen-bond donors (Lipinski definition) is 0. The molecule has 0 amide bonds. The Morgan fingerprint density at radius 3 is 2.07 bits per heavy atom. The van der Waals surface area contributed by atoms with Gasteiger partial charge >= 0.3 is 0 Å². The van der Waals surface area contributed by atoms with Crippen LogP contribution in [0.3, 0.4) is 0 Å². The SMILES string of the molecule is CC(C)C(C)(C)Sc1ccc(Br)cc1. The highest BCUT2D eigenvalue weighted by Crippen LogP contribution is 2.38. The topological polar surface area (TPSA) is 0 Å². The van der Waals surface area contributed by atoms with Gasteiger partial charge in [0.1, 0.15) is 0 Å². The first-order chi connectivity index (χ1) is 6.42. The van der Waals surface area contributed by atoms with Crippen LogP contribution in [0.2, 0.25) is 0 Å². The molecular formula is C12H17BrS. The molecule has 0 aliphatic carbocycles. The summed E-state index contributed by atoms with van der Waals surface area (Å²) < 4.78 is 1.44. The van der Waals surface area contributed by atoms with E-state index in [1.807, 2.05) is 11.8 Å². The standard InChI is InChI=1S/C12H17BrS/c1-9(2)12(3,4)14-11-7-5-10(13)6-8-11/h5-9H,1-4H3. The highest BCUT2D eigenvalue weighted by molar-refractivity contribution is 9.10. The van der Waals surface area contributed by atoms with Crippen LogP contribution in [0.15, 0.2) is 33.6 Å². The van der Waals surface area contributed by atoms with Crippen molar-refractivity contribution >= 4 is 27.7 Å². The van der Waals surface area contributed by atoms with Gasteiger partial charge in [-0.25, -0.2) is 0 Å². The number of benzene rings is 1. The molecule has 0 saturated heterocycles. The first kappa shape index (κ1) is 12.1. The second-order valence-corrected chi connectivity index (χ2v) is 6.96. The average Bonchev–Trinajstić information content (AvgIpc) is 2.08. The molecule has 0 aliphatic heterocycles. The van der Waals surface area contributed by atoms with Gasteiger partial charge in [-0.3, -0.25) is 0 Å². The molecule has 0 N–H and O–H groups in total. The summed E-state index contributed by atoms with van der Waals surface area (Å²) >= 11 is 5.39. The van der Waals surface area contributed by atoms with Crippen molar-refractivity contribution in [3.63, 3.8) is 0 Å². The van der Waals surface area contributed by atoms with Crippen LogP contribution < -0.4 is 0 Å². The molecule has 0 saturated carbocycles. The van der Waals surface area contributed by atoms with Crippen LogP contribution >= 0.6 is 27.7 Å². The van der Waals surface area contributed by atoms with Crippen LogP contribution in [0.25, 0.3) is 0 Å². The smallest absolute Gasteiger partial charge is 0.0176 e. The van der Waals surface area contributed by atoms with E-state index in [0.717, 1.165) is 4.47 Å². The third-order valence-electron chi connectivity index (χ3n) is 2.58. The van der Waals surface area contributed by atoms with E-state index >= 15 is 0 Å². The molecule has 0 nitrogen and oxygen atoms in total. The molecule has 0 aromatic heterocycles. The summed E-state index contributed by atoms with van der Waals surface area (Å²) in [6, 6.07) is 8.52. The predicted octanol–water partition coefficient (Wildman–Crippen LogP) is 4.98. The second-order valence-electron chi connectivity index (χ2n) is 4.31. The second kappa shape index (κ2) is 4.71. The Bertz CT molecular complexity index is 288. The molecule has 0 bridgehead atoms. The van der Waals surface area contributed by atoms with Crippen molar-refractivity contribution in [3.8, 4) is 0 Å². The fraction of sp³-hybridized carbons (Fsp3) is 0.500. The van der Waals surface area contributed by atoms with Gasteiger partial charge in [0, 0.05) is 14.1 Å². The molecule has 0 heterocycles. The Labute approximate surface area is 99.6 Å². The maximum atomic E-state index is 3.44. The predicted molar refractivity (Wildman–Crippen MR) is 68.9 cm³/mol. The zero-order valence-corrected chi connectivity index (χ0v) is 11.6. The van der Waals surface area contributed by atoms with Crippen molar-refractivity contribution in [3.05, 3.63) is 28.7 Å². The Balaban J connectivity index is 2.74. The third kappa shape index (κ3) is 3.32. The zero-order chi connectivity index (χ0) is 10.8. The van der Waals surface area contributed by atoms with E-state index in [-0.39, 0.29) is 0 Å². The molecule has 1 aromatic carbocycles. The van der Waals surface area contributed by atoms with Crippen molar-refractivity contribution in [1.82, 2.24) is 0 Å². The van der Waals surface area contributed by atoms with Crippen LogP contribution in [0.1, 0.15) is 27.7 Å². The molecule has 78 valence electrons. The van der Waals surface area contributed by atoms with Crippen LogP contribution in [0.5, 0.6) is 0 Å². The van der Waals surface area contributed by atoms with E-state index in [9.17, 15) is 0 Å². The van der Waals surface area contributed by atoms with Gasteiger partial charge in [-0.05, 0) is 30.2 Å². The van der Waals surface area contributed by atoms with E-state index in [1.54, 1.807) is 0 Å². The Hall–Kier alpha value is 0.0500. The summed E-state index contributed by atoms with van der Waals surface area (Å²) in [5.74, 6) is 0.677. The van der Waals surface area contributed by atoms with Gasteiger partial charge in [-0.2, -0.15) is 0 Å². The van der Waals surface area contributed by atoms with E-state index in [2.05, 4.69) is 67.9 Å². The van der Waals surface area contributed by atoms with Crippen LogP contribution in [-0.2, 0) is 0 Å². The van der Waals surface area contributed by atoms with Crippen LogP contribution in [0.4, 0.5) is 0 Å². The minimum atomic E-state index is 0.299. The lowest BCUT2D eigenvalue weighted by Gasteiger charge is -2.28. The lowest BCUT2D eigenvalue weighted by molar-refractivity contribution is 0.504. The molecular weight excluding hydrogens is 256 g/mol. The van der Waals surface area contributed by atoms with Gasteiger partial charge < -0.3 is 0 Å². The van der Waals surface area contributed by atoms with Gasteiger partial charge in [0.2, 0.25) is 0 Å². The van der Waals surface area contributed by atoms with Gasteiger partial charge in [0.15, 0.2) is 0 Å². The summed E-state index contributed by atoms with van der Waals surface area (Å²) in [4.78, 5) is 1.34. The molecule has 2 heteroatoms. The van der Waals surface area contributed by atoms with Crippen molar-refractivity contribution in [2.45, 2.75) is 37.3 Å².